The fourth-order valence-electron chi connectivity index (χ4n) is 2.56. The Bertz CT molecular complexity index is 362. The summed E-state index contributed by atoms with van der Waals surface area (Å²) in [5, 5.41) is 14.2. The average molecular weight is 287 g/mol. The van der Waals surface area contributed by atoms with Crippen LogP contribution in [0.2, 0.25) is 0 Å². The highest BCUT2D eigenvalue weighted by Gasteiger charge is 2.26. The Balaban J connectivity index is 2.27. The molecule has 0 radical (unpaired) electrons. The number of hydrogen-bond donors (Lipinski definition) is 1. The number of aliphatic hydroxyl groups is 1. The number of aromatic nitrogens is 2. The van der Waals surface area contributed by atoms with Crippen LogP contribution in [0.4, 0.5) is 0 Å². The molecule has 1 N–H and O–H groups in total. The van der Waals surface area contributed by atoms with Gasteiger partial charge in [0.15, 0.2) is 0 Å². The largest absolute Gasteiger partial charge is 0.393 e. The molecule has 1 aromatic rings. The summed E-state index contributed by atoms with van der Waals surface area (Å²) in [5.41, 5.74) is 1.26. The van der Waals surface area contributed by atoms with Gasteiger partial charge in [-0.05, 0) is 49.0 Å². The van der Waals surface area contributed by atoms with Crippen molar-refractivity contribution in [2.24, 2.45) is 0 Å². The fraction of sp³-hybridized carbons (Fsp3) is 0.750. The van der Waals surface area contributed by atoms with Gasteiger partial charge in [0.1, 0.15) is 0 Å². The Morgan fingerprint density at radius 2 is 2.25 bits per heavy atom. The summed E-state index contributed by atoms with van der Waals surface area (Å²) in [6.45, 7) is 4.28. The Morgan fingerprint density at radius 1 is 1.50 bits per heavy atom. The molecule has 1 aliphatic carbocycles. The first kappa shape index (κ1) is 12.1. The van der Waals surface area contributed by atoms with Crippen molar-refractivity contribution in [3.8, 4) is 0 Å². The zero-order valence-electron chi connectivity index (χ0n) is 9.86. The predicted molar refractivity (Wildman–Crippen MR) is 67.5 cm³/mol. The second kappa shape index (κ2) is 4.88. The molecule has 0 bridgehead atoms. The third-order valence-electron chi connectivity index (χ3n) is 3.31. The minimum Gasteiger partial charge on any atom is -0.393 e. The second-order valence-electron chi connectivity index (χ2n) is 4.93. The number of hydrogen-bond acceptors (Lipinski definition) is 2. The molecule has 0 saturated heterocycles. The van der Waals surface area contributed by atoms with E-state index in [1.54, 1.807) is 0 Å². The molecule has 2 rings (SSSR count). The molecule has 0 aliphatic heterocycles. The van der Waals surface area contributed by atoms with Gasteiger partial charge in [-0.15, -0.1) is 0 Å². The van der Waals surface area contributed by atoms with Crippen molar-refractivity contribution < 1.29 is 5.11 Å². The maximum absolute atomic E-state index is 9.75. The standard InChI is InChI=1S/C12H19BrN2O/c1-8(2)15-12(11(13)7-14-15)9-4-3-5-10(16)6-9/h7-10,16H,3-6H2,1-2H3. The van der Waals surface area contributed by atoms with E-state index in [1.807, 2.05) is 6.20 Å². The van der Waals surface area contributed by atoms with Gasteiger partial charge in [0, 0.05) is 12.0 Å². The van der Waals surface area contributed by atoms with Crippen molar-refractivity contribution >= 4 is 15.9 Å². The van der Waals surface area contributed by atoms with Crippen LogP contribution in [-0.2, 0) is 0 Å². The first-order valence-corrected chi connectivity index (χ1v) is 6.80. The number of nitrogens with zero attached hydrogens (tertiary/aromatic N) is 2. The topological polar surface area (TPSA) is 38.0 Å². The first-order valence-electron chi connectivity index (χ1n) is 6.00. The second-order valence-corrected chi connectivity index (χ2v) is 5.79. The van der Waals surface area contributed by atoms with Crippen LogP contribution >= 0.6 is 15.9 Å². The van der Waals surface area contributed by atoms with E-state index >= 15 is 0 Å². The van der Waals surface area contributed by atoms with E-state index in [0.29, 0.717) is 12.0 Å². The van der Waals surface area contributed by atoms with Gasteiger partial charge in [-0.25, -0.2) is 0 Å². The molecule has 90 valence electrons. The van der Waals surface area contributed by atoms with Crippen molar-refractivity contribution in [1.29, 1.82) is 0 Å². The molecule has 1 aromatic heterocycles. The molecule has 3 nitrogen and oxygen atoms in total. The monoisotopic (exact) mass is 286 g/mol. The van der Waals surface area contributed by atoms with Crippen LogP contribution in [-0.4, -0.2) is 21.0 Å². The molecular weight excluding hydrogens is 268 g/mol. The lowest BCUT2D eigenvalue weighted by Gasteiger charge is -2.27. The van der Waals surface area contributed by atoms with E-state index in [0.717, 1.165) is 30.2 Å². The van der Waals surface area contributed by atoms with Gasteiger partial charge >= 0.3 is 0 Å². The molecule has 1 saturated carbocycles. The first-order chi connectivity index (χ1) is 7.59. The van der Waals surface area contributed by atoms with Gasteiger partial charge in [0.05, 0.1) is 22.5 Å². The molecule has 2 atom stereocenters. The third kappa shape index (κ3) is 2.33. The summed E-state index contributed by atoms with van der Waals surface area (Å²) in [7, 11) is 0. The summed E-state index contributed by atoms with van der Waals surface area (Å²) >= 11 is 3.58. The van der Waals surface area contributed by atoms with E-state index in [9.17, 15) is 5.11 Å². The third-order valence-corrected chi connectivity index (χ3v) is 3.92. The summed E-state index contributed by atoms with van der Waals surface area (Å²) in [5.74, 6) is 0.447. The summed E-state index contributed by atoms with van der Waals surface area (Å²) in [4.78, 5) is 0. The van der Waals surface area contributed by atoms with Crippen LogP contribution in [0.25, 0.3) is 0 Å². The SMILES string of the molecule is CC(C)n1ncc(Br)c1C1CCCC(O)C1. The van der Waals surface area contributed by atoms with Gasteiger partial charge in [0.2, 0.25) is 0 Å². The fourth-order valence-corrected chi connectivity index (χ4v) is 3.15. The van der Waals surface area contributed by atoms with E-state index in [2.05, 4.69) is 39.6 Å². The highest BCUT2D eigenvalue weighted by molar-refractivity contribution is 9.10. The van der Waals surface area contributed by atoms with E-state index < -0.39 is 0 Å². The lowest BCUT2D eigenvalue weighted by molar-refractivity contribution is 0.117. The number of rotatable bonds is 2. The average Bonchev–Trinajstić information content (AvgIpc) is 2.60. The zero-order valence-corrected chi connectivity index (χ0v) is 11.4. The van der Waals surface area contributed by atoms with Crippen molar-refractivity contribution in [1.82, 2.24) is 9.78 Å². The van der Waals surface area contributed by atoms with E-state index in [4.69, 9.17) is 0 Å². The predicted octanol–water partition coefficient (Wildman–Crippen LogP) is 3.25. The Hall–Kier alpha value is -0.350. The molecule has 0 spiro atoms. The van der Waals surface area contributed by atoms with E-state index in [-0.39, 0.29) is 6.10 Å². The van der Waals surface area contributed by atoms with Crippen LogP contribution in [0.15, 0.2) is 10.7 Å². The molecule has 0 aromatic carbocycles. The molecule has 2 unspecified atom stereocenters. The van der Waals surface area contributed by atoms with Crippen molar-refractivity contribution in [2.75, 3.05) is 0 Å². The lowest BCUT2D eigenvalue weighted by Crippen LogP contribution is -2.21. The molecule has 1 aliphatic rings. The van der Waals surface area contributed by atoms with Crippen LogP contribution < -0.4 is 0 Å². The van der Waals surface area contributed by atoms with Gasteiger partial charge in [0.25, 0.3) is 0 Å². The molecule has 16 heavy (non-hydrogen) atoms. The van der Waals surface area contributed by atoms with Crippen LogP contribution in [0.5, 0.6) is 0 Å². The Kier molecular flexibility index (Phi) is 3.70. The normalized spacial score (nSPS) is 26.3. The van der Waals surface area contributed by atoms with Crippen molar-refractivity contribution in [3.05, 3.63) is 16.4 Å². The quantitative estimate of drug-likeness (QED) is 0.906. The maximum atomic E-state index is 9.75. The van der Waals surface area contributed by atoms with Crippen molar-refractivity contribution in [2.45, 2.75) is 57.6 Å². The smallest absolute Gasteiger partial charge is 0.0635 e. The molecule has 4 heteroatoms. The van der Waals surface area contributed by atoms with Gasteiger partial charge < -0.3 is 5.11 Å². The molecule has 0 amide bonds. The Morgan fingerprint density at radius 3 is 2.88 bits per heavy atom. The number of aliphatic hydroxyl groups excluding tert-OH is 1. The minimum absolute atomic E-state index is 0.138. The summed E-state index contributed by atoms with van der Waals surface area (Å²) in [6, 6.07) is 0.375. The van der Waals surface area contributed by atoms with Gasteiger partial charge in [-0.1, -0.05) is 6.42 Å². The minimum atomic E-state index is -0.138. The van der Waals surface area contributed by atoms with Crippen molar-refractivity contribution in [3.63, 3.8) is 0 Å². The van der Waals surface area contributed by atoms with Crippen LogP contribution in [0.1, 0.15) is 57.2 Å². The molecule has 1 fully saturated rings. The number of halogens is 1. The van der Waals surface area contributed by atoms with Gasteiger partial charge in [-0.3, -0.25) is 4.68 Å². The van der Waals surface area contributed by atoms with Gasteiger partial charge in [-0.2, -0.15) is 5.10 Å². The summed E-state index contributed by atoms with van der Waals surface area (Å²) < 4.78 is 3.16. The summed E-state index contributed by atoms with van der Waals surface area (Å²) in [6.07, 6.45) is 5.83. The Labute approximate surface area is 105 Å². The van der Waals surface area contributed by atoms with E-state index in [1.165, 1.54) is 5.69 Å². The van der Waals surface area contributed by atoms with Crippen LogP contribution in [0.3, 0.4) is 0 Å². The highest BCUT2D eigenvalue weighted by atomic mass is 79.9. The maximum Gasteiger partial charge on any atom is 0.0635 e. The zero-order chi connectivity index (χ0) is 11.7. The molecule has 1 heterocycles. The lowest BCUT2D eigenvalue weighted by atomic mass is 9.85. The highest BCUT2D eigenvalue weighted by Crippen LogP contribution is 2.37. The molecular formula is C12H19BrN2O. The van der Waals surface area contributed by atoms with Crippen LogP contribution in [0, 0.1) is 0 Å².